The summed E-state index contributed by atoms with van der Waals surface area (Å²) in [5, 5.41) is 11.1. The van der Waals surface area contributed by atoms with E-state index in [1.807, 2.05) is 31.1 Å². The molecule has 1 fully saturated rings. The first-order chi connectivity index (χ1) is 15.4. The predicted octanol–water partition coefficient (Wildman–Crippen LogP) is 3.24. The predicted molar refractivity (Wildman–Crippen MR) is 123 cm³/mol. The van der Waals surface area contributed by atoms with Crippen LogP contribution in [0.1, 0.15) is 17.2 Å². The number of para-hydroxylation sites is 1. The number of carbonyl (C=O) groups is 2. The van der Waals surface area contributed by atoms with Gasteiger partial charge in [-0.15, -0.1) is 0 Å². The van der Waals surface area contributed by atoms with Gasteiger partial charge in [0, 0.05) is 24.2 Å². The lowest BCUT2D eigenvalue weighted by atomic mass is 9.94. The van der Waals surface area contributed by atoms with Gasteiger partial charge in [-0.3, -0.25) is 9.59 Å². The second kappa shape index (κ2) is 10.2. The van der Waals surface area contributed by atoms with Crippen LogP contribution in [0.5, 0.6) is 11.5 Å². The quantitative estimate of drug-likeness (QED) is 0.281. The summed E-state index contributed by atoms with van der Waals surface area (Å²) in [6.45, 7) is 4.86. The van der Waals surface area contributed by atoms with Gasteiger partial charge in [0.25, 0.3) is 11.7 Å². The first-order valence-corrected chi connectivity index (χ1v) is 10.3. The highest BCUT2D eigenvalue weighted by molar-refractivity contribution is 6.46. The molecule has 0 unspecified atom stereocenters. The largest absolute Gasteiger partial charge is 0.507 e. The van der Waals surface area contributed by atoms with Crippen LogP contribution in [-0.4, -0.2) is 67.5 Å². The smallest absolute Gasteiger partial charge is 0.295 e. The molecule has 0 spiro atoms. The fourth-order valence-corrected chi connectivity index (χ4v) is 3.65. The first kappa shape index (κ1) is 23.1. The number of aliphatic hydroxyl groups excluding tert-OH is 1. The number of hydrogen-bond acceptors (Lipinski definition) is 6. The third-order valence-corrected chi connectivity index (χ3v) is 5.26. The summed E-state index contributed by atoms with van der Waals surface area (Å²) < 4.78 is 11.0. The van der Waals surface area contributed by atoms with E-state index < -0.39 is 17.7 Å². The number of amides is 1. The molecule has 2 aromatic carbocycles. The van der Waals surface area contributed by atoms with E-state index in [4.69, 9.17) is 9.47 Å². The number of methoxy groups -OCH3 is 1. The highest BCUT2D eigenvalue weighted by Crippen LogP contribution is 2.42. The number of aliphatic hydroxyl groups is 1. The van der Waals surface area contributed by atoms with Crippen LogP contribution in [0, 0.1) is 0 Å². The van der Waals surface area contributed by atoms with Crippen LogP contribution in [0.15, 0.2) is 66.8 Å². The number of likely N-dealkylation sites (tertiary alicyclic amines) is 1. The third kappa shape index (κ3) is 4.68. The molecule has 1 aliphatic heterocycles. The molecule has 0 aliphatic carbocycles. The highest BCUT2D eigenvalue weighted by atomic mass is 16.5. The van der Waals surface area contributed by atoms with E-state index in [9.17, 15) is 14.7 Å². The van der Waals surface area contributed by atoms with Gasteiger partial charge in [-0.1, -0.05) is 30.9 Å². The molecule has 0 aromatic heterocycles. The van der Waals surface area contributed by atoms with Gasteiger partial charge in [-0.05, 0) is 44.4 Å². The molecule has 168 valence electrons. The lowest BCUT2D eigenvalue weighted by Gasteiger charge is -2.27. The molecule has 1 saturated heterocycles. The van der Waals surface area contributed by atoms with Gasteiger partial charge in [0.05, 0.1) is 18.7 Å². The SMILES string of the molecule is C=CCOc1ccc(C(O)=C2C(=O)C(=O)N(CCN(C)C)[C@H]2c2ccccc2OC)cc1. The van der Waals surface area contributed by atoms with Gasteiger partial charge in [-0.2, -0.15) is 0 Å². The number of likely N-dealkylation sites (N-methyl/N-ethyl adjacent to an activating group) is 1. The van der Waals surface area contributed by atoms with Crippen molar-refractivity contribution in [2.75, 3.05) is 40.9 Å². The van der Waals surface area contributed by atoms with E-state index in [-0.39, 0.29) is 11.3 Å². The fraction of sp³-hybridized carbons (Fsp3) is 0.280. The second-order valence-electron chi connectivity index (χ2n) is 7.66. The van der Waals surface area contributed by atoms with Crippen molar-refractivity contribution in [2.45, 2.75) is 6.04 Å². The van der Waals surface area contributed by atoms with Crippen molar-refractivity contribution in [1.82, 2.24) is 9.80 Å². The number of nitrogens with zero attached hydrogens (tertiary/aromatic N) is 2. The van der Waals surface area contributed by atoms with E-state index in [1.165, 1.54) is 12.0 Å². The fourth-order valence-electron chi connectivity index (χ4n) is 3.65. The van der Waals surface area contributed by atoms with E-state index >= 15 is 0 Å². The molecule has 7 nitrogen and oxygen atoms in total. The Bertz CT molecular complexity index is 1030. The van der Waals surface area contributed by atoms with Crippen molar-refractivity contribution < 1.29 is 24.2 Å². The maximum Gasteiger partial charge on any atom is 0.295 e. The average molecular weight is 437 g/mol. The minimum Gasteiger partial charge on any atom is -0.507 e. The third-order valence-electron chi connectivity index (χ3n) is 5.26. The van der Waals surface area contributed by atoms with E-state index in [0.717, 1.165) is 0 Å². The van der Waals surface area contributed by atoms with Crippen molar-refractivity contribution in [2.24, 2.45) is 0 Å². The maximum absolute atomic E-state index is 13.1. The normalized spacial score (nSPS) is 17.6. The minimum atomic E-state index is -0.761. The number of ketones is 1. The lowest BCUT2D eigenvalue weighted by Crippen LogP contribution is -2.35. The van der Waals surface area contributed by atoms with Gasteiger partial charge >= 0.3 is 0 Å². The Morgan fingerprint density at radius 3 is 2.47 bits per heavy atom. The number of hydrogen-bond donors (Lipinski definition) is 1. The molecule has 3 rings (SSSR count). The van der Waals surface area contributed by atoms with Crippen LogP contribution in [0.25, 0.3) is 5.76 Å². The van der Waals surface area contributed by atoms with E-state index in [1.54, 1.807) is 42.5 Å². The van der Waals surface area contributed by atoms with Crippen molar-refractivity contribution in [3.63, 3.8) is 0 Å². The number of carbonyl (C=O) groups excluding carboxylic acids is 2. The Kier molecular flexibility index (Phi) is 7.33. The Morgan fingerprint density at radius 2 is 1.84 bits per heavy atom. The van der Waals surface area contributed by atoms with Crippen molar-refractivity contribution >= 4 is 17.4 Å². The lowest BCUT2D eigenvalue weighted by molar-refractivity contribution is -0.140. The molecule has 1 atom stereocenters. The number of rotatable bonds is 9. The molecular weight excluding hydrogens is 408 g/mol. The Hall–Kier alpha value is -3.58. The minimum absolute atomic E-state index is 0.0398. The number of Topliss-reactive ketones (excluding diaryl/α,β-unsaturated/α-hetero) is 1. The van der Waals surface area contributed by atoms with Crippen molar-refractivity contribution in [3.8, 4) is 11.5 Å². The molecule has 1 N–H and O–H groups in total. The summed E-state index contributed by atoms with van der Waals surface area (Å²) in [4.78, 5) is 29.5. The zero-order chi connectivity index (χ0) is 23.3. The molecule has 1 heterocycles. The molecule has 1 amide bonds. The summed E-state index contributed by atoms with van der Waals surface area (Å²) in [5.41, 5.74) is 1.10. The topological polar surface area (TPSA) is 79.3 Å². The van der Waals surface area contributed by atoms with Crippen molar-refractivity contribution in [3.05, 3.63) is 77.9 Å². The zero-order valence-corrected chi connectivity index (χ0v) is 18.6. The van der Waals surface area contributed by atoms with Crippen LogP contribution in [0.3, 0.4) is 0 Å². The van der Waals surface area contributed by atoms with E-state index in [0.29, 0.717) is 42.3 Å². The van der Waals surface area contributed by atoms with Gasteiger partial charge in [0.2, 0.25) is 0 Å². The monoisotopic (exact) mass is 436 g/mol. The molecule has 32 heavy (non-hydrogen) atoms. The molecule has 0 radical (unpaired) electrons. The molecule has 7 heteroatoms. The van der Waals surface area contributed by atoms with Crippen molar-refractivity contribution in [1.29, 1.82) is 0 Å². The van der Waals surface area contributed by atoms with Gasteiger partial charge in [0.1, 0.15) is 23.9 Å². The molecule has 0 saturated carbocycles. The number of benzene rings is 2. The zero-order valence-electron chi connectivity index (χ0n) is 18.6. The molecule has 2 aromatic rings. The molecular formula is C25H28N2O5. The van der Waals surface area contributed by atoms with Crippen LogP contribution < -0.4 is 9.47 Å². The second-order valence-corrected chi connectivity index (χ2v) is 7.66. The van der Waals surface area contributed by atoms with Gasteiger partial charge in [-0.25, -0.2) is 0 Å². The summed E-state index contributed by atoms with van der Waals surface area (Å²) in [7, 11) is 5.32. The summed E-state index contributed by atoms with van der Waals surface area (Å²) in [6, 6.07) is 13.1. The number of ether oxygens (including phenoxy) is 2. The van der Waals surface area contributed by atoms with Crippen LogP contribution in [0.2, 0.25) is 0 Å². The average Bonchev–Trinajstić information content (AvgIpc) is 3.05. The molecule has 1 aliphatic rings. The Labute approximate surface area is 188 Å². The summed E-state index contributed by atoms with van der Waals surface area (Å²) in [5.74, 6) is -0.455. The standard InChI is InChI=1S/C25H28N2O5/c1-5-16-32-18-12-10-17(11-13-18)23(28)21-22(19-8-6-7-9-20(19)31-4)27(15-14-26(2)3)25(30)24(21)29/h5-13,22,28H,1,14-16H2,2-4H3/t22-/m0/s1. The highest BCUT2D eigenvalue weighted by Gasteiger charge is 2.46. The Morgan fingerprint density at radius 1 is 1.16 bits per heavy atom. The van der Waals surface area contributed by atoms with Gasteiger partial charge in [0.15, 0.2) is 0 Å². The molecule has 0 bridgehead atoms. The van der Waals surface area contributed by atoms with Crippen LogP contribution >= 0.6 is 0 Å². The van der Waals surface area contributed by atoms with E-state index in [2.05, 4.69) is 6.58 Å². The summed E-state index contributed by atoms with van der Waals surface area (Å²) >= 11 is 0. The Balaban J connectivity index is 2.10. The van der Waals surface area contributed by atoms with Crippen LogP contribution in [-0.2, 0) is 9.59 Å². The first-order valence-electron chi connectivity index (χ1n) is 10.3. The van der Waals surface area contributed by atoms with Gasteiger partial charge < -0.3 is 24.4 Å². The van der Waals surface area contributed by atoms with Crippen LogP contribution in [0.4, 0.5) is 0 Å². The summed E-state index contributed by atoms with van der Waals surface area (Å²) in [6.07, 6.45) is 1.64. The maximum atomic E-state index is 13.1.